The fourth-order valence-electron chi connectivity index (χ4n) is 2.62. The van der Waals surface area contributed by atoms with Crippen molar-refractivity contribution in [3.63, 3.8) is 0 Å². The molecule has 2 amide bonds. The Bertz CT molecular complexity index is 670. The summed E-state index contributed by atoms with van der Waals surface area (Å²) in [6, 6.07) is 7.68. The van der Waals surface area contributed by atoms with Crippen LogP contribution in [0, 0.1) is 0 Å². The SMILES string of the molecule is CCCC(CCC)S(=O)(=O)C[C@H](NC(=O)OCc1ccccc1)C(N)=O. The van der Waals surface area contributed by atoms with Crippen molar-refractivity contribution in [1.29, 1.82) is 0 Å². The Balaban J connectivity index is 2.69. The van der Waals surface area contributed by atoms with Crippen LogP contribution in [-0.4, -0.2) is 37.5 Å². The molecule has 0 saturated heterocycles. The average molecular weight is 384 g/mol. The summed E-state index contributed by atoms with van der Waals surface area (Å²) >= 11 is 0. The van der Waals surface area contributed by atoms with Crippen LogP contribution in [0.4, 0.5) is 4.79 Å². The largest absolute Gasteiger partial charge is 0.445 e. The number of rotatable bonds is 11. The number of nitrogens with one attached hydrogen (secondary N) is 1. The van der Waals surface area contributed by atoms with E-state index in [-0.39, 0.29) is 6.61 Å². The third-order valence-electron chi connectivity index (χ3n) is 3.98. The van der Waals surface area contributed by atoms with Crippen LogP contribution in [0.3, 0.4) is 0 Å². The maximum Gasteiger partial charge on any atom is 0.408 e. The first-order valence-corrected chi connectivity index (χ1v) is 10.5. The van der Waals surface area contributed by atoms with E-state index in [1.54, 1.807) is 24.3 Å². The van der Waals surface area contributed by atoms with Gasteiger partial charge in [-0.2, -0.15) is 0 Å². The number of primary amides is 1. The minimum atomic E-state index is -3.57. The van der Waals surface area contributed by atoms with Gasteiger partial charge in [0.15, 0.2) is 9.84 Å². The van der Waals surface area contributed by atoms with E-state index in [0.717, 1.165) is 18.4 Å². The van der Waals surface area contributed by atoms with Crippen molar-refractivity contribution in [3.05, 3.63) is 35.9 Å². The Morgan fingerprint density at radius 3 is 2.19 bits per heavy atom. The molecule has 0 aliphatic heterocycles. The van der Waals surface area contributed by atoms with E-state index < -0.39 is 38.9 Å². The van der Waals surface area contributed by atoms with Crippen LogP contribution in [0.1, 0.15) is 45.1 Å². The predicted molar refractivity (Wildman–Crippen MR) is 100 cm³/mol. The summed E-state index contributed by atoms with van der Waals surface area (Å²) < 4.78 is 30.2. The molecule has 7 nitrogen and oxygen atoms in total. The quantitative estimate of drug-likeness (QED) is 0.606. The molecule has 1 aromatic carbocycles. The van der Waals surface area contributed by atoms with E-state index in [2.05, 4.69) is 5.32 Å². The highest BCUT2D eigenvalue weighted by Crippen LogP contribution is 2.16. The molecule has 0 unspecified atom stereocenters. The van der Waals surface area contributed by atoms with Crippen molar-refractivity contribution in [2.75, 3.05) is 5.75 Å². The number of carbonyl (C=O) groups excluding carboxylic acids is 2. The Morgan fingerprint density at radius 1 is 1.12 bits per heavy atom. The van der Waals surface area contributed by atoms with Gasteiger partial charge < -0.3 is 15.8 Å². The lowest BCUT2D eigenvalue weighted by molar-refractivity contribution is -0.119. The van der Waals surface area contributed by atoms with Crippen molar-refractivity contribution < 1.29 is 22.7 Å². The summed E-state index contributed by atoms with van der Waals surface area (Å²) in [5.74, 6) is -1.43. The van der Waals surface area contributed by atoms with Gasteiger partial charge in [0, 0.05) is 0 Å². The lowest BCUT2D eigenvalue weighted by Crippen LogP contribution is -2.49. The summed E-state index contributed by atoms with van der Waals surface area (Å²) in [5.41, 5.74) is 6.05. The lowest BCUT2D eigenvalue weighted by Gasteiger charge is -2.20. The van der Waals surface area contributed by atoms with Gasteiger partial charge in [0.05, 0.1) is 11.0 Å². The first kappa shape index (κ1) is 22.0. The molecule has 26 heavy (non-hydrogen) atoms. The Labute approximate surface area is 155 Å². The van der Waals surface area contributed by atoms with E-state index in [1.807, 2.05) is 19.9 Å². The fourth-order valence-corrected chi connectivity index (χ4v) is 4.79. The van der Waals surface area contributed by atoms with Crippen molar-refractivity contribution >= 4 is 21.8 Å². The molecule has 0 spiro atoms. The second kappa shape index (κ2) is 10.8. The third-order valence-corrected chi connectivity index (χ3v) is 6.26. The second-order valence-electron chi connectivity index (χ2n) is 6.19. The molecule has 0 saturated carbocycles. The molecule has 1 atom stereocenters. The van der Waals surface area contributed by atoms with Gasteiger partial charge in [0.25, 0.3) is 0 Å². The maximum atomic E-state index is 12.6. The van der Waals surface area contributed by atoms with E-state index in [9.17, 15) is 18.0 Å². The van der Waals surface area contributed by atoms with Gasteiger partial charge in [-0.15, -0.1) is 0 Å². The third kappa shape index (κ3) is 7.43. The van der Waals surface area contributed by atoms with Crippen LogP contribution in [0.2, 0.25) is 0 Å². The normalized spacial score (nSPS) is 12.6. The van der Waals surface area contributed by atoms with Crippen LogP contribution in [0.25, 0.3) is 0 Å². The predicted octanol–water partition coefficient (Wildman–Crippen LogP) is 2.15. The number of carbonyl (C=O) groups is 2. The number of amides is 2. The van der Waals surface area contributed by atoms with Crippen LogP contribution >= 0.6 is 0 Å². The van der Waals surface area contributed by atoms with Crippen LogP contribution < -0.4 is 11.1 Å². The molecule has 0 aliphatic carbocycles. The molecule has 0 aromatic heterocycles. The van der Waals surface area contributed by atoms with Gasteiger partial charge in [0.1, 0.15) is 12.6 Å². The van der Waals surface area contributed by atoms with Gasteiger partial charge in [-0.3, -0.25) is 4.79 Å². The zero-order chi connectivity index (χ0) is 19.6. The molecular formula is C18H28N2O5S. The van der Waals surface area contributed by atoms with Crippen LogP contribution in [-0.2, 0) is 26.0 Å². The number of nitrogens with two attached hydrogens (primary N) is 1. The zero-order valence-electron chi connectivity index (χ0n) is 15.3. The number of hydrogen-bond acceptors (Lipinski definition) is 5. The summed E-state index contributed by atoms with van der Waals surface area (Å²) in [5, 5.41) is 1.73. The number of sulfone groups is 1. The highest BCUT2D eigenvalue weighted by molar-refractivity contribution is 7.92. The van der Waals surface area contributed by atoms with Gasteiger partial charge in [-0.1, -0.05) is 57.0 Å². The van der Waals surface area contributed by atoms with Crippen LogP contribution in [0.15, 0.2) is 30.3 Å². The molecule has 1 aromatic rings. The highest BCUT2D eigenvalue weighted by Gasteiger charge is 2.31. The molecule has 3 N–H and O–H groups in total. The standard InChI is InChI=1S/C18H28N2O5S/c1-3-8-15(9-4-2)26(23,24)13-16(17(19)21)20-18(22)25-12-14-10-6-5-7-11-14/h5-7,10-11,15-16H,3-4,8-9,12-13H2,1-2H3,(H2,19,21)(H,20,22)/t16-/m0/s1. The molecular weight excluding hydrogens is 356 g/mol. The highest BCUT2D eigenvalue weighted by atomic mass is 32.2. The molecule has 0 fully saturated rings. The topological polar surface area (TPSA) is 116 Å². The summed E-state index contributed by atoms with van der Waals surface area (Å²) in [4.78, 5) is 23.5. The number of ether oxygens (including phenoxy) is 1. The minimum absolute atomic E-state index is 0.0131. The summed E-state index contributed by atoms with van der Waals surface area (Å²) in [7, 11) is -3.57. The van der Waals surface area contributed by atoms with E-state index >= 15 is 0 Å². The van der Waals surface area contributed by atoms with Gasteiger partial charge in [0.2, 0.25) is 5.91 Å². The molecule has 0 radical (unpaired) electrons. The fraction of sp³-hybridized carbons (Fsp3) is 0.556. The van der Waals surface area contributed by atoms with E-state index in [1.165, 1.54) is 0 Å². The molecule has 0 heterocycles. The van der Waals surface area contributed by atoms with Crippen molar-refractivity contribution in [3.8, 4) is 0 Å². The summed E-state index contributed by atoms with van der Waals surface area (Å²) in [6.07, 6.45) is 1.59. The first-order chi connectivity index (χ1) is 12.3. The Morgan fingerprint density at radius 2 is 1.69 bits per heavy atom. The molecule has 146 valence electrons. The van der Waals surface area contributed by atoms with Crippen molar-refractivity contribution in [2.24, 2.45) is 5.73 Å². The molecule has 1 rings (SSSR count). The number of hydrogen-bond donors (Lipinski definition) is 2. The van der Waals surface area contributed by atoms with Crippen molar-refractivity contribution in [2.45, 2.75) is 57.4 Å². The molecule has 0 aliphatic rings. The Kier molecular flexibility index (Phi) is 9.12. The summed E-state index contributed by atoms with van der Waals surface area (Å²) in [6.45, 7) is 3.82. The van der Waals surface area contributed by atoms with E-state index in [0.29, 0.717) is 12.8 Å². The number of benzene rings is 1. The maximum absolute atomic E-state index is 12.6. The monoisotopic (exact) mass is 384 g/mol. The van der Waals surface area contributed by atoms with Crippen molar-refractivity contribution in [1.82, 2.24) is 5.32 Å². The minimum Gasteiger partial charge on any atom is -0.445 e. The first-order valence-electron chi connectivity index (χ1n) is 8.78. The van der Waals surface area contributed by atoms with Gasteiger partial charge >= 0.3 is 6.09 Å². The average Bonchev–Trinajstić information content (AvgIpc) is 2.60. The van der Waals surface area contributed by atoms with E-state index in [4.69, 9.17) is 10.5 Å². The Hall–Kier alpha value is -2.09. The second-order valence-corrected chi connectivity index (χ2v) is 8.52. The molecule has 0 bridgehead atoms. The lowest BCUT2D eigenvalue weighted by atomic mass is 10.2. The van der Waals surface area contributed by atoms with Gasteiger partial charge in [-0.25, -0.2) is 13.2 Å². The van der Waals surface area contributed by atoms with Crippen LogP contribution in [0.5, 0.6) is 0 Å². The molecule has 8 heteroatoms. The smallest absolute Gasteiger partial charge is 0.408 e. The van der Waals surface area contributed by atoms with Gasteiger partial charge in [-0.05, 0) is 18.4 Å². The zero-order valence-corrected chi connectivity index (χ0v) is 16.1. The number of alkyl carbamates (subject to hydrolysis) is 1.